The highest BCUT2D eigenvalue weighted by Crippen LogP contribution is 2.62. The molecule has 0 saturated heterocycles. The van der Waals surface area contributed by atoms with Crippen LogP contribution in [-0.4, -0.2) is 24.8 Å². The van der Waals surface area contributed by atoms with Crippen molar-refractivity contribution in [2.75, 3.05) is 7.11 Å². The summed E-state index contributed by atoms with van der Waals surface area (Å²) in [5.74, 6) is 0.590. The van der Waals surface area contributed by atoms with Gasteiger partial charge in [0, 0.05) is 18.1 Å². The predicted octanol–water partition coefficient (Wildman–Crippen LogP) is 4.78. The minimum Gasteiger partial charge on any atom is -0.382 e. The molecule has 2 aromatic carbocycles. The summed E-state index contributed by atoms with van der Waals surface area (Å²) < 4.78 is 5.66. The van der Waals surface area contributed by atoms with Crippen molar-refractivity contribution < 1.29 is 4.74 Å². The van der Waals surface area contributed by atoms with Crippen molar-refractivity contribution in [3.05, 3.63) is 59.2 Å². The quantitative estimate of drug-likeness (QED) is 0.806. The maximum Gasteiger partial charge on any atom is 0.184 e. The largest absolute Gasteiger partial charge is 0.382 e. The third-order valence-electron chi connectivity index (χ3n) is 7.31. The fourth-order valence-electron chi connectivity index (χ4n) is 5.68. The summed E-state index contributed by atoms with van der Waals surface area (Å²) in [7, 11) is 1.82. The summed E-state index contributed by atoms with van der Waals surface area (Å²) in [6.07, 6.45) is 5.60. The normalized spacial score (nSPS) is 30.5. The van der Waals surface area contributed by atoms with Gasteiger partial charge in [-0.2, -0.15) is 0 Å². The molecule has 4 heteroatoms. The third kappa shape index (κ3) is 2.69. The molecule has 1 unspecified atom stereocenters. The van der Waals surface area contributed by atoms with Gasteiger partial charge in [-0.15, -0.1) is 0 Å². The molecule has 0 bridgehead atoms. The average Bonchev–Trinajstić information content (AvgIpc) is 3.16. The van der Waals surface area contributed by atoms with Crippen LogP contribution in [-0.2, 0) is 16.8 Å². The molecule has 2 aromatic rings. The van der Waals surface area contributed by atoms with Crippen LogP contribution in [0.15, 0.2) is 52.4 Å². The fourth-order valence-corrected chi connectivity index (χ4v) is 5.68. The van der Waals surface area contributed by atoms with Crippen LogP contribution in [0.4, 0.5) is 0 Å². The van der Waals surface area contributed by atoms with E-state index in [1.807, 2.05) is 14.0 Å². The fraction of sp³-hybridized carbons (Fsp3) is 0.440. The van der Waals surface area contributed by atoms with Crippen LogP contribution in [0.1, 0.15) is 49.3 Å². The van der Waals surface area contributed by atoms with E-state index in [0.29, 0.717) is 11.9 Å². The Morgan fingerprint density at radius 3 is 2.41 bits per heavy atom. The average molecular weight is 388 g/mol. The number of rotatable bonds is 2. The highest BCUT2D eigenvalue weighted by molar-refractivity contribution is 6.41. The van der Waals surface area contributed by atoms with E-state index in [1.165, 1.54) is 27.8 Å². The van der Waals surface area contributed by atoms with E-state index in [-0.39, 0.29) is 5.41 Å². The van der Waals surface area contributed by atoms with Gasteiger partial charge in [0.25, 0.3) is 0 Å². The highest BCUT2D eigenvalue weighted by atomic mass is 16.5. The van der Waals surface area contributed by atoms with Gasteiger partial charge in [0.15, 0.2) is 5.66 Å². The summed E-state index contributed by atoms with van der Waals surface area (Å²) in [4.78, 5) is 10.2. The van der Waals surface area contributed by atoms with Crippen molar-refractivity contribution in [3.63, 3.8) is 0 Å². The summed E-state index contributed by atoms with van der Waals surface area (Å²) in [6, 6.07) is 15.5. The maximum absolute atomic E-state index is 6.30. The molecule has 1 aliphatic heterocycles. The van der Waals surface area contributed by atoms with Crippen LogP contribution in [0, 0.1) is 12.3 Å². The minimum atomic E-state index is -0.574. The molecule has 1 heterocycles. The van der Waals surface area contributed by atoms with E-state index in [1.54, 1.807) is 0 Å². The predicted molar refractivity (Wildman–Crippen MR) is 118 cm³/mol. The Morgan fingerprint density at radius 2 is 1.76 bits per heavy atom. The second-order valence-corrected chi connectivity index (χ2v) is 9.00. The van der Waals surface area contributed by atoms with Gasteiger partial charge >= 0.3 is 0 Å². The standard InChI is InChI=1S/C25H29N3O/c1-16-5-4-6-18(13-16)19-7-8-20-15-24(11-9-21(29-3)10-12-24)25(22(20)14-19)27-17(2)23(26)28-25/h4-8,13-14,21H,9-12,15H2,1-3H3,(H2,26,28)/t21-,24-,25?. The van der Waals surface area contributed by atoms with Crippen LogP contribution in [0.25, 0.3) is 11.1 Å². The second-order valence-electron chi connectivity index (χ2n) is 9.00. The zero-order valence-electron chi connectivity index (χ0n) is 17.5. The molecule has 1 atom stereocenters. The van der Waals surface area contributed by atoms with Gasteiger partial charge in [-0.05, 0) is 68.7 Å². The minimum absolute atomic E-state index is 0.00201. The molecule has 29 heavy (non-hydrogen) atoms. The van der Waals surface area contributed by atoms with Crippen LogP contribution in [0.2, 0.25) is 0 Å². The van der Waals surface area contributed by atoms with E-state index >= 15 is 0 Å². The number of fused-ring (bicyclic) bond motifs is 3. The van der Waals surface area contributed by atoms with E-state index in [4.69, 9.17) is 20.5 Å². The van der Waals surface area contributed by atoms with Gasteiger partial charge in [-0.25, -0.2) is 4.99 Å². The third-order valence-corrected chi connectivity index (χ3v) is 7.31. The first-order valence-electron chi connectivity index (χ1n) is 10.6. The van der Waals surface area contributed by atoms with Crippen molar-refractivity contribution >= 4 is 11.5 Å². The lowest BCUT2D eigenvalue weighted by molar-refractivity contribution is -0.000371. The number of nitrogens with two attached hydrogens (primary N) is 1. The zero-order chi connectivity index (χ0) is 20.2. The number of aliphatic imine (C=N–C) groups is 2. The highest BCUT2D eigenvalue weighted by Gasteiger charge is 2.60. The zero-order valence-corrected chi connectivity index (χ0v) is 17.5. The van der Waals surface area contributed by atoms with Crippen LogP contribution in [0.3, 0.4) is 0 Å². The van der Waals surface area contributed by atoms with E-state index in [0.717, 1.165) is 37.8 Å². The molecular formula is C25H29N3O. The monoisotopic (exact) mass is 387 g/mol. The van der Waals surface area contributed by atoms with Crippen molar-refractivity contribution in [2.45, 2.75) is 57.7 Å². The van der Waals surface area contributed by atoms with Crippen LogP contribution < -0.4 is 5.73 Å². The molecule has 0 aromatic heterocycles. The van der Waals surface area contributed by atoms with Gasteiger partial charge < -0.3 is 10.5 Å². The maximum atomic E-state index is 6.30. The first kappa shape index (κ1) is 18.6. The number of benzene rings is 2. The van der Waals surface area contributed by atoms with Crippen molar-refractivity contribution in [1.82, 2.24) is 0 Å². The topological polar surface area (TPSA) is 60.0 Å². The van der Waals surface area contributed by atoms with Gasteiger partial charge in [-0.1, -0.05) is 42.0 Å². The van der Waals surface area contributed by atoms with Gasteiger partial charge in [-0.3, -0.25) is 4.99 Å². The number of nitrogens with zero attached hydrogens (tertiary/aromatic N) is 2. The molecule has 3 aliphatic rings. The van der Waals surface area contributed by atoms with Crippen molar-refractivity contribution in [3.8, 4) is 11.1 Å². The van der Waals surface area contributed by atoms with Crippen LogP contribution in [0.5, 0.6) is 0 Å². The molecule has 2 N–H and O–H groups in total. The molecule has 150 valence electrons. The van der Waals surface area contributed by atoms with Gasteiger partial charge in [0.1, 0.15) is 5.84 Å². The van der Waals surface area contributed by atoms with Gasteiger partial charge in [0.2, 0.25) is 0 Å². The molecule has 2 aliphatic carbocycles. The van der Waals surface area contributed by atoms with Crippen molar-refractivity contribution in [2.24, 2.45) is 21.1 Å². The second kappa shape index (κ2) is 6.53. The Balaban J connectivity index is 1.65. The smallest absolute Gasteiger partial charge is 0.184 e. The molecule has 0 radical (unpaired) electrons. The number of amidine groups is 1. The van der Waals surface area contributed by atoms with E-state index in [2.05, 4.69) is 49.4 Å². The summed E-state index contributed by atoms with van der Waals surface area (Å²) >= 11 is 0. The summed E-state index contributed by atoms with van der Waals surface area (Å²) in [5, 5.41) is 0. The summed E-state index contributed by atoms with van der Waals surface area (Å²) in [6.45, 7) is 4.13. The van der Waals surface area contributed by atoms with Crippen molar-refractivity contribution in [1.29, 1.82) is 0 Å². The Labute approximate surface area is 172 Å². The molecule has 0 amide bonds. The number of ether oxygens (including phenoxy) is 1. The molecule has 1 saturated carbocycles. The van der Waals surface area contributed by atoms with Crippen LogP contribution >= 0.6 is 0 Å². The lowest BCUT2D eigenvalue weighted by Gasteiger charge is -2.44. The molecule has 1 fully saturated rings. The number of hydrogen-bond donors (Lipinski definition) is 1. The Bertz CT molecular complexity index is 1010. The first-order chi connectivity index (χ1) is 14.0. The van der Waals surface area contributed by atoms with E-state index < -0.39 is 5.66 Å². The lowest BCUT2D eigenvalue weighted by Crippen LogP contribution is -2.43. The number of methoxy groups -OCH3 is 1. The molecular weight excluding hydrogens is 358 g/mol. The summed E-state index contributed by atoms with van der Waals surface area (Å²) in [5.41, 5.74) is 12.9. The Hall–Kier alpha value is -2.46. The number of aryl methyl sites for hydroxylation is 1. The van der Waals surface area contributed by atoms with Gasteiger partial charge in [0.05, 0.1) is 11.8 Å². The molecule has 2 spiro atoms. The lowest BCUT2D eigenvalue weighted by atomic mass is 9.65. The first-order valence-corrected chi connectivity index (χ1v) is 10.6. The molecule has 4 nitrogen and oxygen atoms in total. The Morgan fingerprint density at radius 1 is 1.00 bits per heavy atom. The number of hydrogen-bond acceptors (Lipinski definition) is 4. The SMILES string of the molecule is CO[C@H]1CC[C@]2(CC1)Cc1ccc(-c3cccc(C)c3)cc1C21N=C(C)C(N)=N1. The van der Waals surface area contributed by atoms with E-state index in [9.17, 15) is 0 Å². The Kier molecular flexibility index (Phi) is 4.18. The molecule has 5 rings (SSSR count).